The summed E-state index contributed by atoms with van der Waals surface area (Å²) in [5, 5.41) is 12.8. The van der Waals surface area contributed by atoms with Gasteiger partial charge in [-0.2, -0.15) is 14.9 Å². The van der Waals surface area contributed by atoms with Gasteiger partial charge in [-0.3, -0.25) is 9.48 Å². The third-order valence-corrected chi connectivity index (χ3v) is 4.79. The van der Waals surface area contributed by atoms with Crippen LogP contribution in [-0.4, -0.2) is 35.4 Å². The standard InChI is InChI=1S/C22H19N7O/c1-15-10-21(29(27-15)20-4-2-3-8-24-20)26-22(30)14-28-13-18(12-25-28)16-5-6-19-17(11-16)7-9-23-19/h2-13,23H,14H2,1H3,(H,26,30). The topological polar surface area (TPSA) is 93.4 Å². The molecule has 0 radical (unpaired) electrons. The third-order valence-electron chi connectivity index (χ3n) is 4.79. The molecule has 0 saturated heterocycles. The number of rotatable bonds is 5. The van der Waals surface area contributed by atoms with Gasteiger partial charge in [0.15, 0.2) is 5.82 Å². The van der Waals surface area contributed by atoms with Crippen molar-refractivity contribution >= 4 is 22.6 Å². The molecule has 5 rings (SSSR count). The monoisotopic (exact) mass is 397 g/mol. The molecule has 0 aliphatic heterocycles. The van der Waals surface area contributed by atoms with Crippen molar-refractivity contribution in [3.8, 4) is 16.9 Å². The predicted octanol–water partition coefficient (Wildman–Crippen LogP) is 3.56. The second kappa shape index (κ2) is 7.32. The number of aromatic nitrogens is 6. The van der Waals surface area contributed by atoms with Crippen molar-refractivity contribution in [2.45, 2.75) is 13.5 Å². The van der Waals surface area contributed by atoms with Gasteiger partial charge in [0.05, 0.1) is 11.9 Å². The highest BCUT2D eigenvalue weighted by Crippen LogP contribution is 2.23. The Morgan fingerprint density at radius 3 is 2.93 bits per heavy atom. The van der Waals surface area contributed by atoms with E-state index in [1.54, 1.807) is 21.8 Å². The normalized spacial score (nSPS) is 11.1. The molecule has 148 valence electrons. The van der Waals surface area contributed by atoms with Crippen LogP contribution in [0.5, 0.6) is 0 Å². The molecule has 4 aromatic heterocycles. The average molecular weight is 397 g/mol. The lowest BCUT2D eigenvalue weighted by Gasteiger charge is -2.08. The molecular formula is C22H19N7O. The van der Waals surface area contributed by atoms with E-state index in [1.165, 1.54) is 0 Å². The van der Waals surface area contributed by atoms with Gasteiger partial charge >= 0.3 is 0 Å². The summed E-state index contributed by atoms with van der Waals surface area (Å²) in [5.41, 5.74) is 3.89. The van der Waals surface area contributed by atoms with E-state index in [1.807, 2.05) is 61.8 Å². The first kappa shape index (κ1) is 17.9. The van der Waals surface area contributed by atoms with E-state index < -0.39 is 0 Å². The van der Waals surface area contributed by atoms with Gasteiger partial charge in [-0.05, 0) is 48.2 Å². The number of aryl methyl sites for hydroxylation is 1. The Labute approximate surface area is 172 Å². The Bertz CT molecular complexity index is 1330. The summed E-state index contributed by atoms with van der Waals surface area (Å²) in [7, 11) is 0. The highest BCUT2D eigenvalue weighted by Gasteiger charge is 2.13. The molecule has 8 heteroatoms. The van der Waals surface area contributed by atoms with Crippen molar-refractivity contribution in [3.05, 3.63) is 79.0 Å². The number of carbonyl (C=O) groups excluding carboxylic acids is 1. The minimum absolute atomic E-state index is 0.0961. The number of anilines is 1. The molecule has 0 unspecified atom stereocenters. The summed E-state index contributed by atoms with van der Waals surface area (Å²) < 4.78 is 3.24. The maximum atomic E-state index is 12.6. The Balaban J connectivity index is 1.32. The fraction of sp³-hybridized carbons (Fsp3) is 0.0909. The van der Waals surface area contributed by atoms with E-state index >= 15 is 0 Å². The highest BCUT2D eigenvalue weighted by molar-refractivity contribution is 5.90. The molecule has 30 heavy (non-hydrogen) atoms. The number of aromatic amines is 1. The summed E-state index contributed by atoms with van der Waals surface area (Å²) in [6.07, 6.45) is 7.24. The average Bonchev–Trinajstić information content (AvgIpc) is 3.48. The van der Waals surface area contributed by atoms with Crippen LogP contribution in [0.25, 0.3) is 27.8 Å². The van der Waals surface area contributed by atoms with Gasteiger partial charge in [0.2, 0.25) is 5.91 Å². The van der Waals surface area contributed by atoms with Crippen molar-refractivity contribution in [1.29, 1.82) is 0 Å². The quantitative estimate of drug-likeness (QED) is 0.474. The number of nitrogens with zero attached hydrogens (tertiary/aromatic N) is 5. The number of nitrogens with one attached hydrogen (secondary N) is 2. The first-order valence-electron chi connectivity index (χ1n) is 9.54. The third kappa shape index (κ3) is 3.46. The summed E-state index contributed by atoms with van der Waals surface area (Å²) in [5.74, 6) is 1.02. The minimum Gasteiger partial charge on any atom is -0.361 e. The van der Waals surface area contributed by atoms with Gasteiger partial charge in [0, 0.05) is 35.7 Å². The molecule has 1 amide bonds. The number of fused-ring (bicyclic) bond motifs is 1. The molecule has 0 bridgehead atoms. The van der Waals surface area contributed by atoms with Crippen molar-refractivity contribution in [1.82, 2.24) is 29.5 Å². The second-order valence-electron chi connectivity index (χ2n) is 7.03. The van der Waals surface area contributed by atoms with E-state index in [2.05, 4.69) is 31.5 Å². The Kier molecular flexibility index (Phi) is 4.36. The number of carbonyl (C=O) groups is 1. The van der Waals surface area contributed by atoms with Crippen LogP contribution in [0.15, 0.2) is 73.3 Å². The molecule has 4 heterocycles. The summed E-state index contributed by atoms with van der Waals surface area (Å²) in [4.78, 5) is 20.1. The van der Waals surface area contributed by atoms with Crippen LogP contribution in [0.1, 0.15) is 5.69 Å². The SMILES string of the molecule is Cc1cc(NC(=O)Cn2cc(-c3ccc4[nH]ccc4c3)cn2)n(-c2ccccn2)n1. The van der Waals surface area contributed by atoms with Crippen molar-refractivity contribution in [2.75, 3.05) is 5.32 Å². The van der Waals surface area contributed by atoms with Gasteiger partial charge in [-0.1, -0.05) is 12.1 Å². The zero-order valence-electron chi connectivity index (χ0n) is 16.3. The number of pyridine rings is 1. The fourth-order valence-corrected chi connectivity index (χ4v) is 3.40. The smallest absolute Gasteiger partial charge is 0.247 e. The maximum absolute atomic E-state index is 12.6. The van der Waals surface area contributed by atoms with E-state index in [9.17, 15) is 4.79 Å². The lowest BCUT2D eigenvalue weighted by molar-refractivity contribution is -0.116. The predicted molar refractivity (Wildman–Crippen MR) is 114 cm³/mol. The maximum Gasteiger partial charge on any atom is 0.247 e. The molecule has 8 nitrogen and oxygen atoms in total. The largest absolute Gasteiger partial charge is 0.361 e. The minimum atomic E-state index is -0.192. The number of H-pyrrole nitrogens is 1. The first-order chi connectivity index (χ1) is 14.7. The van der Waals surface area contributed by atoms with Gasteiger partial charge in [0.25, 0.3) is 0 Å². The molecule has 0 saturated carbocycles. The lowest BCUT2D eigenvalue weighted by atomic mass is 10.1. The fourth-order valence-electron chi connectivity index (χ4n) is 3.40. The van der Waals surface area contributed by atoms with Crippen LogP contribution in [-0.2, 0) is 11.3 Å². The lowest BCUT2D eigenvalue weighted by Crippen LogP contribution is -2.21. The molecule has 1 aromatic carbocycles. The number of hydrogen-bond acceptors (Lipinski definition) is 4. The molecule has 0 aliphatic carbocycles. The van der Waals surface area contributed by atoms with E-state index in [0.29, 0.717) is 11.6 Å². The Morgan fingerprint density at radius 1 is 1.13 bits per heavy atom. The van der Waals surface area contributed by atoms with Gasteiger partial charge < -0.3 is 10.3 Å². The van der Waals surface area contributed by atoms with Crippen molar-refractivity contribution < 1.29 is 4.79 Å². The van der Waals surface area contributed by atoms with Gasteiger partial charge in [-0.25, -0.2) is 4.98 Å². The molecule has 0 atom stereocenters. The Morgan fingerprint density at radius 2 is 2.07 bits per heavy atom. The number of amides is 1. The van der Waals surface area contributed by atoms with Crippen LogP contribution >= 0.6 is 0 Å². The number of benzene rings is 1. The number of hydrogen-bond donors (Lipinski definition) is 2. The second-order valence-corrected chi connectivity index (χ2v) is 7.03. The van der Waals surface area contributed by atoms with Crippen LogP contribution in [0, 0.1) is 6.92 Å². The summed E-state index contributed by atoms with van der Waals surface area (Å²) >= 11 is 0. The summed E-state index contributed by atoms with van der Waals surface area (Å²) in [6.45, 7) is 1.97. The van der Waals surface area contributed by atoms with Gasteiger partial charge in [0.1, 0.15) is 12.4 Å². The van der Waals surface area contributed by atoms with Crippen molar-refractivity contribution in [2.24, 2.45) is 0 Å². The van der Waals surface area contributed by atoms with E-state index in [4.69, 9.17) is 0 Å². The first-order valence-corrected chi connectivity index (χ1v) is 9.54. The van der Waals surface area contributed by atoms with E-state index in [0.717, 1.165) is 27.7 Å². The van der Waals surface area contributed by atoms with Gasteiger partial charge in [-0.15, -0.1) is 0 Å². The van der Waals surface area contributed by atoms with Crippen LogP contribution in [0.4, 0.5) is 5.82 Å². The molecule has 2 N–H and O–H groups in total. The molecule has 0 fully saturated rings. The van der Waals surface area contributed by atoms with Crippen LogP contribution in [0.3, 0.4) is 0 Å². The van der Waals surface area contributed by atoms with E-state index in [-0.39, 0.29) is 12.5 Å². The summed E-state index contributed by atoms with van der Waals surface area (Å²) in [6, 6.07) is 15.6. The molecular weight excluding hydrogens is 378 g/mol. The Hall–Kier alpha value is -4.20. The highest BCUT2D eigenvalue weighted by atomic mass is 16.2. The molecule has 5 aromatic rings. The molecule has 0 aliphatic rings. The van der Waals surface area contributed by atoms with Crippen molar-refractivity contribution in [3.63, 3.8) is 0 Å². The van der Waals surface area contributed by atoms with Crippen LogP contribution < -0.4 is 5.32 Å². The molecule has 0 spiro atoms. The zero-order valence-corrected chi connectivity index (χ0v) is 16.3. The zero-order chi connectivity index (χ0) is 20.5. The van der Waals surface area contributed by atoms with Crippen LogP contribution in [0.2, 0.25) is 0 Å².